The van der Waals surface area contributed by atoms with E-state index in [2.05, 4.69) is 26.6 Å². The molecule has 1 aliphatic heterocycles. The topological polar surface area (TPSA) is 61.4 Å². The molecule has 1 saturated heterocycles. The van der Waals surface area contributed by atoms with E-state index in [0.29, 0.717) is 17.3 Å². The molecule has 7 heteroatoms. The third-order valence-electron chi connectivity index (χ3n) is 3.68. The summed E-state index contributed by atoms with van der Waals surface area (Å²) in [4.78, 5) is 25.9. The zero-order chi connectivity index (χ0) is 17.1. The molecule has 3 rings (SSSR count). The summed E-state index contributed by atoms with van der Waals surface area (Å²) >= 11 is 9.22. The second-order valence-corrected chi connectivity index (χ2v) is 6.84. The van der Waals surface area contributed by atoms with E-state index in [1.807, 2.05) is 12.1 Å². The van der Waals surface area contributed by atoms with Gasteiger partial charge in [0.1, 0.15) is 0 Å². The van der Waals surface area contributed by atoms with Crippen LogP contribution < -0.4 is 15.5 Å². The van der Waals surface area contributed by atoms with E-state index in [9.17, 15) is 9.59 Å². The molecule has 1 unspecified atom stereocenters. The molecule has 1 heterocycles. The highest BCUT2D eigenvalue weighted by Gasteiger charge is 2.31. The zero-order valence-electron chi connectivity index (χ0n) is 12.6. The lowest BCUT2D eigenvalue weighted by molar-refractivity contribution is -0.117. The molecular weight excluding hydrogens is 394 g/mol. The predicted molar refractivity (Wildman–Crippen MR) is 98.5 cm³/mol. The Hall–Kier alpha value is -2.05. The van der Waals surface area contributed by atoms with Gasteiger partial charge in [0.25, 0.3) is 0 Å². The molecule has 1 aliphatic rings. The summed E-state index contributed by atoms with van der Waals surface area (Å²) in [6.45, 7) is 0.437. The van der Waals surface area contributed by atoms with Gasteiger partial charge in [0.2, 0.25) is 5.91 Å². The second-order valence-electron chi connectivity index (χ2n) is 5.49. The fourth-order valence-corrected chi connectivity index (χ4v) is 3.12. The van der Waals surface area contributed by atoms with Gasteiger partial charge in [-0.3, -0.25) is 4.79 Å². The molecule has 2 N–H and O–H groups in total. The van der Waals surface area contributed by atoms with E-state index in [1.165, 1.54) is 0 Å². The largest absolute Gasteiger partial charge is 0.333 e. The van der Waals surface area contributed by atoms with Gasteiger partial charge in [-0.15, -0.1) is 0 Å². The molecule has 3 amide bonds. The first-order valence-electron chi connectivity index (χ1n) is 7.40. The summed E-state index contributed by atoms with van der Waals surface area (Å²) in [7, 11) is 0. The number of halogens is 2. The molecule has 0 radical (unpaired) electrons. The molecule has 2 aromatic carbocycles. The number of rotatable bonds is 3. The van der Waals surface area contributed by atoms with Crippen LogP contribution in [0.25, 0.3) is 0 Å². The number of nitrogens with zero attached hydrogens (tertiary/aromatic N) is 1. The summed E-state index contributed by atoms with van der Waals surface area (Å²) in [5.74, 6) is -0.0231. The lowest BCUT2D eigenvalue weighted by Gasteiger charge is -2.17. The number of anilines is 2. The predicted octanol–water partition coefficient (Wildman–Crippen LogP) is 4.03. The van der Waals surface area contributed by atoms with Crippen molar-refractivity contribution in [3.05, 3.63) is 58.0 Å². The van der Waals surface area contributed by atoms with Crippen molar-refractivity contribution in [1.29, 1.82) is 0 Å². The van der Waals surface area contributed by atoms with Crippen molar-refractivity contribution < 1.29 is 9.59 Å². The molecule has 1 fully saturated rings. The van der Waals surface area contributed by atoms with E-state index in [0.717, 1.165) is 10.2 Å². The summed E-state index contributed by atoms with van der Waals surface area (Å²) in [5.41, 5.74) is 1.46. The third kappa shape index (κ3) is 4.07. The van der Waals surface area contributed by atoms with Gasteiger partial charge in [0.15, 0.2) is 0 Å². The molecule has 0 aliphatic carbocycles. The van der Waals surface area contributed by atoms with Crippen LogP contribution in [-0.2, 0) is 4.79 Å². The number of carbonyl (C=O) groups excluding carboxylic acids is 2. The fraction of sp³-hybridized carbons (Fsp3) is 0.176. The Morgan fingerprint density at radius 1 is 1.21 bits per heavy atom. The standard InChI is InChI=1S/C17H15BrClN3O2/c18-11-2-1-3-13(8-11)20-17(24)21-14-9-16(23)22(10-14)15-6-4-12(19)5-7-15/h1-8,14H,9-10H2,(H2,20,21,24). The fourth-order valence-electron chi connectivity index (χ4n) is 2.59. The number of benzene rings is 2. The molecule has 124 valence electrons. The zero-order valence-corrected chi connectivity index (χ0v) is 15.0. The number of hydrogen-bond donors (Lipinski definition) is 2. The first-order valence-corrected chi connectivity index (χ1v) is 8.57. The Morgan fingerprint density at radius 3 is 2.67 bits per heavy atom. The van der Waals surface area contributed by atoms with E-state index in [-0.39, 0.29) is 24.4 Å². The highest BCUT2D eigenvalue weighted by atomic mass is 79.9. The quantitative estimate of drug-likeness (QED) is 0.805. The van der Waals surface area contributed by atoms with Gasteiger partial charge in [0, 0.05) is 33.8 Å². The Balaban J connectivity index is 1.59. The molecule has 0 aromatic heterocycles. The average molecular weight is 409 g/mol. The van der Waals surface area contributed by atoms with Crippen LogP contribution in [0, 0.1) is 0 Å². The lowest BCUT2D eigenvalue weighted by atomic mass is 10.2. The summed E-state index contributed by atoms with van der Waals surface area (Å²) in [5, 5.41) is 6.21. The highest BCUT2D eigenvalue weighted by Crippen LogP contribution is 2.23. The maximum Gasteiger partial charge on any atom is 0.319 e. The number of carbonyl (C=O) groups is 2. The summed E-state index contributed by atoms with van der Waals surface area (Å²) < 4.78 is 0.880. The monoisotopic (exact) mass is 407 g/mol. The van der Waals surface area contributed by atoms with Crippen molar-refractivity contribution in [3.8, 4) is 0 Å². The van der Waals surface area contributed by atoms with Crippen molar-refractivity contribution in [2.24, 2.45) is 0 Å². The van der Waals surface area contributed by atoms with Gasteiger partial charge >= 0.3 is 6.03 Å². The Bertz CT molecular complexity index is 767. The van der Waals surface area contributed by atoms with Crippen LogP contribution in [0.2, 0.25) is 5.02 Å². The molecule has 2 aromatic rings. The second kappa shape index (κ2) is 7.23. The third-order valence-corrected chi connectivity index (χ3v) is 4.43. The van der Waals surface area contributed by atoms with Crippen LogP contribution >= 0.6 is 27.5 Å². The van der Waals surface area contributed by atoms with E-state index in [1.54, 1.807) is 41.3 Å². The van der Waals surface area contributed by atoms with Gasteiger partial charge in [0.05, 0.1) is 6.04 Å². The Kier molecular flexibility index (Phi) is 5.06. The number of amides is 3. The van der Waals surface area contributed by atoms with Crippen LogP contribution in [0.1, 0.15) is 6.42 Å². The molecule has 0 bridgehead atoms. The number of nitrogens with one attached hydrogen (secondary N) is 2. The van der Waals surface area contributed by atoms with Crippen molar-refractivity contribution in [2.75, 3.05) is 16.8 Å². The van der Waals surface area contributed by atoms with Gasteiger partial charge in [-0.1, -0.05) is 33.6 Å². The van der Waals surface area contributed by atoms with Crippen LogP contribution in [0.5, 0.6) is 0 Å². The Morgan fingerprint density at radius 2 is 1.96 bits per heavy atom. The first kappa shape index (κ1) is 16.8. The van der Waals surface area contributed by atoms with Crippen LogP contribution in [-0.4, -0.2) is 24.5 Å². The minimum atomic E-state index is -0.330. The minimum absolute atomic E-state index is 0.0231. The molecule has 24 heavy (non-hydrogen) atoms. The number of urea groups is 1. The summed E-state index contributed by atoms with van der Waals surface area (Å²) in [6, 6.07) is 13.8. The highest BCUT2D eigenvalue weighted by molar-refractivity contribution is 9.10. The van der Waals surface area contributed by atoms with Crippen LogP contribution in [0.4, 0.5) is 16.2 Å². The molecule has 5 nitrogen and oxygen atoms in total. The van der Waals surface area contributed by atoms with E-state index < -0.39 is 0 Å². The van der Waals surface area contributed by atoms with E-state index >= 15 is 0 Å². The Labute approximate surface area is 153 Å². The maximum atomic E-state index is 12.2. The minimum Gasteiger partial charge on any atom is -0.333 e. The van der Waals surface area contributed by atoms with Crippen molar-refractivity contribution in [1.82, 2.24) is 5.32 Å². The molecule has 0 saturated carbocycles. The van der Waals surface area contributed by atoms with Gasteiger partial charge in [-0.2, -0.15) is 0 Å². The smallest absolute Gasteiger partial charge is 0.319 e. The van der Waals surface area contributed by atoms with Crippen LogP contribution in [0.15, 0.2) is 53.0 Å². The van der Waals surface area contributed by atoms with E-state index in [4.69, 9.17) is 11.6 Å². The molecule has 1 atom stereocenters. The normalized spacial score (nSPS) is 17.0. The summed E-state index contributed by atoms with van der Waals surface area (Å²) in [6.07, 6.45) is 0.272. The number of hydrogen-bond acceptors (Lipinski definition) is 2. The maximum absolute atomic E-state index is 12.2. The SMILES string of the molecule is O=C(Nc1cccc(Br)c1)NC1CC(=O)N(c2ccc(Cl)cc2)C1. The van der Waals surface area contributed by atoms with Crippen molar-refractivity contribution in [3.63, 3.8) is 0 Å². The lowest BCUT2D eigenvalue weighted by Crippen LogP contribution is -2.39. The first-order chi connectivity index (χ1) is 11.5. The van der Waals surface area contributed by atoms with Gasteiger partial charge in [-0.25, -0.2) is 4.79 Å². The van der Waals surface area contributed by atoms with Crippen molar-refractivity contribution in [2.45, 2.75) is 12.5 Å². The van der Waals surface area contributed by atoms with Gasteiger partial charge in [-0.05, 0) is 42.5 Å². The average Bonchev–Trinajstić information content (AvgIpc) is 2.88. The van der Waals surface area contributed by atoms with Crippen LogP contribution in [0.3, 0.4) is 0 Å². The molecular formula is C17H15BrClN3O2. The molecule has 0 spiro atoms. The van der Waals surface area contributed by atoms with Crippen molar-refractivity contribution >= 4 is 50.8 Å². The van der Waals surface area contributed by atoms with Gasteiger partial charge < -0.3 is 15.5 Å².